The molecule has 0 aliphatic carbocycles. The maximum absolute atomic E-state index is 11.7. The molecule has 0 aliphatic heterocycles. The fourth-order valence-electron chi connectivity index (χ4n) is 1.17. The van der Waals surface area contributed by atoms with Crippen molar-refractivity contribution in [3.8, 4) is 0 Å². The lowest BCUT2D eigenvalue weighted by Gasteiger charge is -2.02. The monoisotopic (exact) mass is 354 g/mol. The van der Waals surface area contributed by atoms with Gasteiger partial charge in [-0.25, -0.2) is 8.42 Å². The molecular weight excluding hydrogens is 344 g/mol. The number of Topliss-reactive ketones (excluding diaryl/α,β-unsaturated/α-hetero) is 1. The molecule has 0 aliphatic rings. The van der Waals surface area contributed by atoms with Crippen LogP contribution in [0.3, 0.4) is 0 Å². The third-order valence-electron chi connectivity index (χ3n) is 1.84. The first-order chi connectivity index (χ1) is 8.34. The van der Waals surface area contributed by atoms with Gasteiger partial charge in [-0.1, -0.05) is 0 Å². The number of thiophene rings is 1. The molecule has 0 saturated heterocycles. The zero-order chi connectivity index (χ0) is 13.8. The SMILES string of the molecule is CCOC(=O)CS(=O)(=O)CC(=O)c1ccc(Br)s1. The van der Waals surface area contributed by atoms with E-state index in [4.69, 9.17) is 0 Å². The summed E-state index contributed by atoms with van der Waals surface area (Å²) in [5.74, 6) is -2.80. The first-order valence-corrected chi connectivity index (χ1v) is 8.41. The second-order valence-corrected chi connectivity index (χ2v) is 7.89. The van der Waals surface area contributed by atoms with Crippen LogP contribution >= 0.6 is 27.3 Å². The number of ether oxygens (including phenoxy) is 1. The molecule has 1 rings (SSSR count). The number of halogens is 1. The lowest BCUT2D eigenvalue weighted by atomic mass is 10.4. The van der Waals surface area contributed by atoms with Gasteiger partial charge in [0.2, 0.25) is 0 Å². The van der Waals surface area contributed by atoms with Gasteiger partial charge < -0.3 is 4.74 Å². The minimum atomic E-state index is -3.77. The molecule has 0 fully saturated rings. The van der Waals surface area contributed by atoms with Gasteiger partial charge in [-0.3, -0.25) is 9.59 Å². The van der Waals surface area contributed by atoms with Gasteiger partial charge in [-0.2, -0.15) is 0 Å². The summed E-state index contributed by atoms with van der Waals surface area (Å²) in [4.78, 5) is 23.1. The van der Waals surface area contributed by atoms with E-state index in [1.807, 2.05) is 0 Å². The summed E-state index contributed by atoms with van der Waals surface area (Å²) >= 11 is 4.34. The molecule has 0 N–H and O–H groups in total. The molecule has 0 saturated carbocycles. The summed E-state index contributed by atoms with van der Waals surface area (Å²) in [5.41, 5.74) is 0. The highest BCUT2D eigenvalue weighted by Gasteiger charge is 2.23. The summed E-state index contributed by atoms with van der Waals surface area (Å²) in [6, 6.07) is 3.20. The van der Waals surface area contributed by atoms with Gasteiger partial charge in [0.25, 0.3) is 0 Å². The van der Waals surface area contributed by atoms with Gasteiger partial charge in [0.15, 0.2) is 15.6 Å². The number of esters is 1. The highest BCUT2D eigenvalue weighted by molar-refractivity contribution is 9.11. The van der Waals surface area contributed by atoms with Gasteiger partial charge in [0, 0.05) is 0 Å². The van der Waals surface area contributed by atoms with Crippen molar-refractivity contribution in [1.82, 2.24) is 0 Å². The van der Waals surface area contributed by atoms with E-state index in [2.05, 4.69) is 20.7 Å². The molecule has 1 aromatic heterocycles. The molecule has 0 bridgehead atoms. The normalized spacial score (nSPS) is 11.2. The van der Waals surface area contributed by atoms with Crippen LogP contribution in [0.25, 0.3) is 0 Å². The highest BCUT2D eigenvalue weighted by atomic mass is 79.9. The fourth-order valence-corrected chi connectivity index (χ4v) is 3.68. The first-order valence-electron chi connectivity index (χ1n) is 4.98. The first kappa shape index (κ1) is 15.3. The second kappa shape index (κ2) is 6.44. The Labute approximate surface area is 117 Å². The maximum Gasteiger partial charge on any atom is 0.321 e. The summed E-state index contributed by atoms with van der Waals surface area (Å²) in [6.45, 7) is 1.69. The van der Waals surface area contributed by atoms with E-state index in [9.17, 15) is 18.0 Å². The molecule has 0 aromatic carbocycles. The summed E-state index contributed by atoms with van der Waals surface area (Å²) < 4.78 is 28.4. The molecular formula is C10H11BrO5S2. The van der Waals surface area contributed by atoms with Crippen molar-refractivity contribution in [2.45, 2.75) is 6.92 Å². The largest absolute Gasteiger partial charge is 0.465 e. The molecule has 1 heterocycles. The molecule has 1 aromatic rings. The van der Waals surface area contributed by atoms with Crippen molar-refractivity contribution in [2.75, 3.05) is 18.1 Å². The Balaban J connectivity index is 2.66. The van der Waals surface area contributed by atoms with Crippen LogP contribution in [0.15, 0.2) is 15.9 Å². The van der Waals surface area contributed by atoms with Crippen molar-refractivity contribution in [3.63, 3.8) is 0 Å². The number of carbonyl (C=O) groups excluding carboxylic acids is 2. The van der Waals surface area contributed by atoms with Crippen LogP contribution in [0.4, 0.5) is 0 Å². The van der Waals surface area contributed by atoms with E-state index in [1.54, 1.807) is 13.0 Å². The predicted octanol–water partition coefficient (Wildman–Crippen LogP) is 1.67. The number of rotatable bonds is 6. The van der Waals surface area contributed by atoms with Crippen LogP contribution in [-0.4, -0.2) is 38.3 Å². The Morgan fingerprint density at radius 1 is 1.33 bits per heavy atom. The lowest BCUT2D eigenvalue weighted by molar-refractivity contribution is -0.139. The quantitative estimate of drug-likeness (QED) is 0.573. The third kappa shape index (κ3) is 4.87. The minimum Gasteiger partial charge on any atom is -0.465 e. The van der Waals surface area contributed by atoms with Crippen LogP contribution in [0.2, 0.25) is 0 Å². The van der Waals surface area contributed by atoms with Gasteiger partial charge in [0.1, 0.15) is 11.5 Å². The van der Waals surface area contributed by atoms with E-state index in [0.29, 0.717) is 4.88 Å². The van der Waals surface area contributed by atoms with Crippen molar-refractivity contribution in [3.05, 3.63) is 20.8 Å². The van der Waals surface area contributed by atoms with Gasteiger partial charge in [-0.15, -0.1) is 11.3 Å². The van der Waals surface area contributed by atoms with Gasteiger partial charge >= 0.3 is 5.97 Å². The molecule has 18 heavy (non-hydrogen) atoms. The van der Waals surface area contributed by atoms with Crippen LogP contribution in [0.1, 0.15) is 16.6 Å². The Hall–Kier alpha value is -0.730. The van der Waals surface area contributed by atoms with Crippen molar-refractivity contribution in [2.24, 2.45) is 0 Å². The zero-order valence-electron chi connectivity index (χ0n) is 9.51. The topological polar surface area (TPSA) is 77.5 Å². The molecule has 0 amide bonds. The third-order valence-corrected chi connectivity index (χ3v) is 4.88. The molecule has 100 valence electrons. The molecule has 5 nitrogen and oxygen atoms in total. The van der Waals surface area contributed by atoms with Gasteiger partial charge in [-0.05, 0) is 35.0 Å². The number of hydrogen-bond acceptors (Lipinski definition) is 6. The second-order valence-electron chi connectivity index (χ2n) is 3.36. The fraction of sp³-hybridized carbons (Fsp3) is 0.400. The molecule has 0 radical (unpaired) electrons. The Bertz CT molecular complexity index is 546. The average Bonchev–Trinajstić information content (AvgIpc) is 2.63. The van der Waals surface area contributed by atoms with E-state index in [0.717, 1.165) is 15.1 Å². The predicted molar refractivity (Wildman–Crippen MR) is 71.6 cm³/mol. The van der Waals surface area contributed by atoms with E-state index >= 15 is 0 Å². The van der Waals surface area contributed by atoms with Crippen molar-refractivity contribution < 1.29 is 22.7 Å². The maximum atomic E-state index is 11.7. The Morgan fingerprint density at radius 3 is 2.50 bits per heavy atom. The standard InChI is InChI=1S/C10H11BrO5S2/c1-2-16-10(13)6-18(14,15)5-7(12)8-3-4-9(11)17-8/h3-4H,2,5-6H2,1H3. The van der Waals surface area contributed by atoms with Crippen LogP contribution in [-0.2, 0) is 19.4 Å². The van der Waals surface area contributed by atoms with Crippen molar-refractivity contribution in [1.29, 1.82) is 0 Å². The van der Waals surface area contributed by atoms with E-state index < -0.39 is 33.1 Å². The molecule has 0 unspecified atom stereocenters. The van der Waals surface area contributed by atoms with E-state index in [1.165, 1.54) is 6.07 Å². The summed E-state index contributed by atoms with van der Waals surface area (Å²) in [5, 5.41) is 0. The van der Waals surface area contributed by atoms with Crippen LogP contribution in [0.5, 0.6) is 0 Å². The number of carbonyl (C=O) groups is 2. The number of ketones is 1. The average molecular weight is 355 g/mol. The van der Waals surface area contributed by atoms with Gasteiger partial charge in [0.05, 0.1) is 15.3 Å². The summed E-state index contributed by atoms with van der Waals surface area (Å²) in [6.07, 6.45) is 0. The summed E-state index contributed by atoms with van der Waals surface area (Å²) in [7, 11) is -3.77. The lowest BCUT2D eigenvalue weighted by Crippen LogP contribution is -2.24. The van der Waals surface area contributed by atoms with Crippen LogP contribution in [0, 0.1) is 0 Å². The molecule has 0 atom stereocenters. The number of hydrogen-bond donors (Lipinski definition) is 0. The van der Waals surface area contributed by atoms with Crippen molar-refractivity contribution >= 4 is 48.9 Å². The zero-order valence-corrected chi connectivity index (χ0v) is 12.7. The van der Waals surface area contributed by atoms with E-state index in [-0.39, 0.29) is 6.61 Å². The minimum absolute atomic E-state index is 0.111. The Morgan fingerprint density at radius 2 is 2.00 bits per heavy atom. The highest BCUT2D eigenvalue weighted by Crippen LogP contribution is 2.22. The molecule has 8 heteroatoms. The molecule has 0 spiro atoms. The number of sulfone groups is 1. The smallest absolute Gasteiger partial charge is 0.321 e. The van der Waals surface area contributed by atoms with Crippen LogP contribution < -0.4 is 0 Å². The Kier molecular flexibility index (Phi) is 5.48.